The predicted molar refractivity (Wildman–Crippen MR) is 99.7 cm³/mol. The number of para-hydroxylation sites is 1. The van der Waals surface area contributed by atoms with Gasteiger partial charge in [-0.1, -0.05) is 35.9 Å². The van der Waals surface area contributed by atoms with Gasteiger partial charge in [0, 0.05) is 30.6 Å². The molecule has 0 radical (unpaired) electrons. The Morgan fingerprint density at radius 1 is 1.24 bits per heavy atom. The number of alkyl halides is 3. The molecule has 0 aliphatic carbocycles. The normalized spacial score (nSPS) is 11.3. The molecule has 11 heteroatoms. The molecule has 0 aliphatic heterocycles. The molecule has 0 atom stereocenters. The van der Waals surface area contributed by atoms with E-state index in [1.807, 2.05) is 0 Å². The summed E-state index contributed by atoms with van der Waals surface area (Å²) in [6.45, 7) is 0. The Labute approximate surface area is 166 Å². The number of anilines is 1. The first kappa shape index (κ1) is 20.3. The second-order valence-electron chi connectivity index (χ2n) is 5.99. The van der Waals surface area contributed by atoms with Gasteiger partial charge < -0.3 is 5.32 Å². The van der Waals surface area contributed by atoms with Crippen LogP contribution in [0, 0.1) is 10.1 Å². The van der Waals surface area contributed by atoms with Gasteiger partial charge in [-0.15, -0.1) is 0 Å². The molecule has 1 aromatic heterocycles. The minimum Gasteiger partial charge on any atom is -0.321 e. The zero-order valence-electron chi connectivity index (χ0n) is 14.7. The number of aromatic nitrogens is 2. The van der Waals surface area contributed by atoms with Crippen molar-refractivity contribution in [1.29, 1.82) is 0 Å². The van der Waals surface area contributed by atoms with E-state index in [1.165, 1.54) is 31.3 Å². The lowest BCUT2D eigenvalue weighted by molar-refractivity contribution is -0.384. The van der Waals surface area contributed by atoms with Crippen molar-refractivity contribution in [1.82, 2.24) is 9.78 Å². The van der Waals surface area contributed by atoms with Crippen LogP contribution in [0.2, 0.25) is 5.02 Å². The Bertz CT molecular complexity index is 1110. The summed E-state index contributed by atoms with van der Waals surface area (Å²) in [6, 6.07) is 10.3. The van der Waals surface area contributed by atoms with Crippen LogP contribution < -0.4 is 5.32 Å². The number of nitro groups is 1. The SMILES string of the molecule is Cn1cc(C(=O)Nc2ccccc2-c2ccc(Cl)c([N+](=O)[O-])c2)c(C(F)(F)F)n1. The van der Waals surface area contributed by atoms with Crippen LogP contribution in [-0.4, -0.2) is 20.6 Å². The average molecular weight is 425 g/mol. The van der Waals surface area contributed by atoms with Gasteiger partial charge in [0.25, 0.3) is 11.6 Å². The third-order valence-electron chi connectivity index (χ3n) is 3.97. The Morgan fingerprint density at radius 3 is 2.59 bits per heavy atom. The van der Waals surface area contributed by atoms with E-state index in [2.05, 4.69) is 10.4 Å². The second-order valence-corrected chi connectivity index (χ2v) is 6.39. The van der Waals surface area contributed by atoms with Crippen molar-refractivity contribution in [2.75, 3.05) is 5.32 Å². The maximum absolute atomic E-state index is 13.1. The quantitative estimate of drug-likeness (QED) is 0.475. The van der Waals surface area contributed by atoms with Crippen molar-refractivity contribution in [3.63, 3.8) is 0 Å². The van der Waals surface area contributed by atoms with Crippen molar-refractivity contribution in [2.45, 2.75) is 6.18 Å². The van der Waals surface area contributed by atoms with Crippen LogP contribution >= 0.6 is 11.6 Å². The number of aryl methyl sites for hydroxylation is 1. The molecule has 150 valence electrons. The van der Waals surface area contributed by atoms with Gasteiger partial charge in [-0.3, -0.25) is 19.6 Å². The number of benzene rings is 2. The third kappa shape index (κ3) is 4.21. The van der Waals surface area contributed by atoms with Gasteiger partial charge in [0.05, 0.1) is 10.5 Å². The number of nitrogens with one attached hydrogen (secondary N) is 1. The van der Waals surface area contributed by atoms with Crippen LogP contribution in [0.1, 0.15) is 16.1 Å². The van der Waals surface area contributed by atoms with Crippen LogP contribution in [0.5, 0.6) is 0 Å². The van der Waals surface area contributed by atoms with Crippen molar-refractivity contribution in [3.8, 4) is 11.1 Å². The number of hydrogen-bond donors (Lipinski definition) is 1. The lowest BCUT2D eigenvalue weighted by Crippen LogP contribution is -2.18. The largest absolute Gasteiger partial charge is 0.435 e. The van der Waals surface area contributed by atoms with Gasteiger partial charge in [0.2, 0.25) is 0 Å². The van der Waals surface area contributed by atoms with Crippen molar-refractivity contribution < 1.29 is 22.9 Å². The molecular formula is C18H12ClF3N4O3. The Hall–Kier alpha value is -3.40. The molecular weight excluding hydrogens is 413 g/mol. The fourth-order valence-electron chi connectivity index (χ4n) is 2.72. The summed E-state index contributed by atoms with van der Waals surface area (Å²) in [5.74, 6) is -1.01. The Kier molecular flexibility index (Phi) is 5.29. The molecule has 0 spiro atoms. The van der Waals surface area contributed by atoms with Gasteiger partial charge in [-0.2, -0.15) is 18.3 Å². The molecule has 3 rings (SSSR count). The number of amides is 1. The fraction of sp³-hybridized carbons (Fsp3) is 0.111. The smallest absolute Gasteiger partial charge is 0.321 e. The van der Waals surface area contributed by atoms with Gasteiger partial charge in [0.15, 0.2) is 5.69 Å². The minimum atomic E-state index is -4.80. The van der Waals surface area contributed by atoms with Crippen LogP contribution in [0.4, 0.5) is 24.5 Å². The average Bonchev–Trinajstić information content (AvgIpc) is 3.05. The summed E-state index contributed by atoms with van der Waals surface area (Å²) in [7, 11) is 1.27. The fourth-order valence-corrected chi connectivity index (χ4v) is 2.90. The number of hydrogen-bond acceptors (Lipinski definition) is 4. The highest BCUT2D eigenvalue weighted by atomic mass is 35.5. The van der Waals surface area contributed by atoms with Gasteiger partial charge in [-0.05, 0) is 17.7 Å². The highest BCUT2D eigenvalue weighted by molar-refractivity contribution is 6.32. The van der Waals surface area contributed by atoms with Crippen LogP contribution in [0.25, 0.3) is 11.1 Å². The molecule has 1 heterocycles. The topological polar surface area (TPSA) is 90.1 Å². The summed E-state index contributed by atoms with van der Waals surface area (Å²) in [4.78, 5) is 23.0. The van der Waals surface area contributed by atoms with Crippen LogP contribution in [-0.2, 0) is 13.2 Å². The zero-order chi connectivity index (χ0) is 21.3. The lowest BCUT2D eigenvalue weighted by Gasteiger charge is -2.12. The van der Waals surface area contributed by atoms with E-state index in [1.54, 1.807) is 18.2 Å². The summed E-state index contributed by atoms with van der Waals surface area (Å²) < 4.78 is 40.3. The lowest BCUT2D eigenvalue weighted by atomic mass is 10.0. The number of nitrogens with zero attached hydrogens (tertiary/aromatic N) is 3. The molecule has 3 aromatic rings. The molecule has 0 saturated carbocycles. The molecule has 7 nitrogen and oxygen atoms in total. The first-order valence-corrected chi connectivity index (χ1v) is 8.41. The molecule has 0 unspecified atom stereocenters. The van der Waals surface area contributed by atoms with Crippen molar-refractivity contribution in [2.24, 2.45) is 7.05 Å². The van der Waals surface area contributed by atoms with E-state index < -0.39 is 28.3 Å². The van der Waals surface area contributed by atoms with Crippen molar-refractivity contribution in [3.05, 3.63) is 75.1 Å². The maximum Gasteiger partial charge on any atom is 0.435 e. The van der Waals surface area contributed by atoms with E-state index in [0.29, 0.717) is 11.1 Å². The van der Waals surface area contributed by atoms with E-state index in [9.17, 15) is 28.1 Å². The van der Waals surface area contributed by atoms with E-state index in [4.69, 9.17) is 11.6 Å². The van der Waals surface area contributed by atoms with Gasteiger partial charge >= 0.3 is 6.18 Å². The Morgan fingerprint density at radius 2 is 1.93 bits per heavy atom. The summed E-state index contributed by atoms with van der Waals surface area (Å²) in [5, 5.41) is 16.8. The van der Waals surface area contributed by atoms with Crippen LogP contribution in [0.15, 0.2) is 48.7 Å². The number of carbonyl (C=O) groups excluding carboxylic acids is 1. The Balaban J connectivity index is 2.01. The molecule has 2 aromatic carbocycles. The first-order valence-electron chi connectivity index (χ1n) is 8.03. The van der Waals surface area contributed by atoms with E-state index >= 15 is 0 Å². The van der Waals surface area contributed by atoms with Crippen molar-refractivity contribution >= 4 is 28.9 Å². The zero-order valence-corrected chi connectivity index (χ0v) is 15.5. The minimum absolute atomic E-state index is 0.0644. The molecule has 0 bridgehead atoms. The highest BCUT2D eigenvalue weighted by Crippen LogP contribution is 2.35. The monoisotopic (exact) mass is 424 g/mol. The molecule has 0 aliphatic rings. The second kappa shape index (κ2) is 7.55. The first-order chi connectivity index (χ1) is 13.6. The molecule has 0 fully saturated rings. The maximum atomic E-state index is 13.1. The third-order valence-corrected chi connectivity index (χ3v) is 4.29. The molecule has 29 heavy (non-hydrogen) atoms. The predicted octanol–water partition coefficient (Wildman–Crippen LogP) is 4.92. The summed E-state index contributed by atoms with van der Waals surface area (Å²) in [5.41, 5.74) is -1.38. The van der Waals surface area contributed by atoms with E-state index in [0.717, 1.165) is 10.9 Å². The number of nitro benzene ring substituents is 1. The summed E-state index contributed by atoms with van der Waals surface area (Å²) >= 11 is 5.82. The standard InChI is InChI=1S/C18H12ClF3N4O3/c1-25-9-12(16(24-25)18(20,21)22)17(27)23-14-5-3-2-4-11(14)10-6-7-13(19)15(8-10)26(28)29/h2-9H,1H3,(H,23,27). The number of carbonyl (C=O) groups is 1. The molecule has 1 amide bonds. The van der Waals surface area contributed by atoms with Gasteiger partial charge in [0.1, 0.15) is 5.02 Å². The number of halogens is 4. The molecule has 0 saturated heterocycles. The van der Waals surface area contributed by atoms with E-state index in [-0.39, 0.29) is 16.4 Å². The summed E-state index contributed by atoms with van der Waals surface area (Å²) in [6.07, 6.45) is -3.84. The number of rotatable bonds is 4. The highest BCUT2D eigenvalue weighted by Gasteiger charge is 2.39. The van der Waals surface area contributed by atoms with Gasteiger partial charge in [-0.25, -0.2) is 0 Å². The molecule has 1 N–H and O–H groups in total. The van der Waals surface area contributed by atoms with Crippen LogP contribution in [0.3, 0.4) is 0 Å².